The first kappa shape index (κ1) is 23.5. The summed E-state index contributed by atoms with van der Waals surface area (Å²) in [7, 11) is 1.53. The lowest BCUT2D eigenvalue weighted by Gasteiger charge is -2.13. The second-order valence-corrected chi connectivity index (χ2v) is 7.57. The molecule has 0 unspecified atom stereocenters. The zero-order chi connectivity index (χ0) is 23.1. The second-order valence-electron chi connectivity index (χ2n) is 7.14. The van der Waals surface area contributed by atoms with Gasteiger partial charge in [-0.25, -0.2) is 4.79 Å². The molecular weight excluding hydrogens is 436 g/mol. The van der Waals surface area contributed by atoms with Crippen LogP contribution in [-0.2, 0) is 20.7 Å². The first-order valence-corrected chi connectivity index (χ1v) is 10.4. The molecule has 0 atom stereocenters. The van der Waals surface area contributed by atoms with E-state index in [2.05, 4.69) is 0 Å². The van der Waals surface area contributed by atoms with Crippen molar-refractivity contribution in [2.75, 3.05) is 26.9 Å². The Balaban J connectivity index is 1.82. The van der Waals surface area contributed by atoms with Crippen LogP contribution in [0.25, 0.3) is 11.0 Å². The molecule has 3 rings (SSSR count). The van der Waals surface area contributed by atoms with Gasteiger partial charge in [-0.05, 0) is 54.8 Å². The van der Waals surface area contributed by atoms with Crippen molar-refractivity contribution in [3.8, 4) is 5.75 Å². The van der Waals surface area contributed by atoms with Crippen molar-refractivity contribution in [1.29, 1.82) is 0 Å². The van der Waals surface area contributed by atoms with Gasteiger partial charge in [-0.3, -0.25) is 9.59 Å². The molecule has 0 bridgehead atoms. The number of ketones is 1. The molecule has 2 aromatic carbocycles. The van der Waals surface area contributed by atoms with Gasteiger partial charge >= 0.3 is 11.6 Å². The summed E-state index contributed by atoms with van der Waals surface area (Å²) in [5, 5.41) is 1.26. The average molecular weight is 459 g/mol. The number of ether oxygens (including phenoxy) is 3. The number of aryl methyl sites for hydroxylation is 2. The van der Waals surface area contributed by atoms with Crippen molar-refractivity contribution in [2.45, 2.75) is 19.8 Å². The third kappa shape index (κ3) is 6.18. The Hall–Kier alpha value is -3.16. The van der Waals surface area contributed by atoms with E-state index >= 15 is 0 Å². The Morgan fingerprint density at radius 1 is 1.06 bits per heavy atom. The Kier molecular flexibility index (Phi) is 8.03. The molecule has 7 nitrogen and oxygen atoms in total. The lowest BCUT2D eigenvalue weighted by Crippen LogP contribution is -2.13. The second kappa shape index (κ2) is 10.9. The molecule has 32 heavy (non-hydrogen) atoms. The van der Waals surface area contributed by atoms with E-state index in [-0.39, 0.29) is 31.4 Å². The first-order chi connectivity index (χ1) is 15.4. The molecule has 0 fully saturated rings. The van der Waals surface area contributed by atoms with Crippen molar-refractivity contribution < 1.29 is 28.2 Å². The molecule has 0 aliphatic heterocycles. The highest BCUT2D eigenvalue weighted by atomic mass is 35.5. The third-order valence-electron chi connectivity index (χ3n) is 4.81. The summed E-state index contributed by atoms with van der Waals surface area (Å²) < 4.78 is 21.1. The van der Waals surface area contributed by atoms with Gasteiger partial charge in [0, 0.05) is 41.6 Å². The van der Waals surface area contributed by atoms with Crippen LogP contribution in [0.2, 0.25) is 5.02 Å². The maximum Gasteiger partial charge on any atom is 0.336 e. The molecule has 0 N–H and O–H groups in total. The zero-order valence-corrected chi connectivity index (χ0v) is 18.6. The number of esters is 1. The monoisotopic (exact) mass is 458 g/mol. The van der Waals surface area contributed by atoms with Crippen LogP contribution >= 0.6 is 11.6 Å². The van der Waals surface area contributed by atoms with Crippen LogP contribution in [0, 0.1) is 6.92 Å². The number of carbonyl (C=O) groups excluding carboxylic acids is 2. The van der Waals surface area contributed by atoms with Crippen LogP contribution in [0.15, 0.2) is 51.7 Å². The highest BCUT2D eigenvalue weighted by molar-refractivity contribution is 6.30. The Bertz CT molecular complexity index is 1170. The van der Waals surface area contributed by atoms with Gasteiger partial charge < -0.3 is 18.6 Å². The van der Waals surface area contributed by atoms with Crippen molar-refractivity contribution in [3.63, 3.8) is 0 Å². The van der Waals surface area contributed by atoms with Crippen molar-refractivity contribution in [1.82, 2.24) is 0 Å². The summed E-state index contributed by atoms with van der Waals surface area (Å²) in [6.45, 7) is 2.07. The maximum atomic E-state index is 12.5. The van der Waals surface area contributed by atoms with Gasteiger partial charge in [0.15, 0.2) is 12.4 Å². The number of methoxy groups -OCH3 is 1. The van der Waals surface area contributed by atoms with E-state index in [1.807, 2.05) is 0 Å². The van der Waals surface area contributed by atoms with Crippen LogP contribution in [0.4, 0.5) is 0 Å². The molecule has 1 heterocycles. The van der Waals surface area contributed by atoms with Gasteiger partial charge in [-0.15, -0.1) is 0 Å². The molecular formula is C24H23ClO7. The normalized spacial score (nSPS) is 10.8. The number of fused-ring (bicyclic) bond motifs is 1. The van der Waals surface area contributed by atoms with Gasteiger partial charge in [-0.1, -0.05) is 11.6 Å². The molecule has 0 aliphatic rings. The highest BCUT2D eigenvalue weighted by Gasteiger charge is 2.15. The lowest BCUT2D eigenvalue weighted by atomic mass is 10.0. The van der Waals surface area contributed by atoms with E-state index in [9.17, 15) is 14.4 Å². The lowest BCUT2D eigenvalue weighted by molar-refractivity contribution is -0.144. The third-order valence-corrected chi connectivity index (χ3v) is 5.06. The minimum Gasteiger partial charge on any atom is -0.485 e. The molecule has 0 amide bonds. The van der Waals surface area contributed by atoms with Gasteiger partial charge in [0.2, 0.25) is 0 Å². The van der Waals surface area contributed by atoms with Gasteiger partial charge in [0.05, 0.1) is 6.61 Å². The minimum absolute atomic E-state index is 0.118. The largest absolute Gasteiger partial charge is 0.485 e. The molecule has 0 saturated heterocycles. The fourth-order valence-electron chi connectivity index (χ4n) is 3.13. The molecule has 1 aromatic heterocycles. The Morgan fingerprint density at radius 3 is 2.53 bits per heavy atom. The number of Topliss-reactive ketones (excluding diaryl/α,β-unsaturated/α-hetero) is 1. The van der Waals surface area contributed by atoms with Gasteiger partial charge in [0.1, 0.15) is 17.9 Å². The molecule has 0 aliphatic carbocycles. The summed E-state index contributed by atoms with van der Waals surface area (Å²) in [5.74, 6) is -0.253. The van der Waals surface area contributed by atoms with Crippen molar-refractivity contribution in [3.05, 3.63) is 74.6 Å². The SMILES string of the molecule is COCCOC(=O)CCc1cc2c(C)cc(=O)oc2cc1OCC(=O)c1ccc(Cl)cc1. The summed E-state index contributed by atoms with van der Waals surface area (Å²) >= 11 is 5.87. The minimum atomic E-state index is -0.479. The number of hydrogen-bond donors (Lipinski definition) is 0. The van der Waals surface area contributed by atoms with Gasteiger partial charge in [0.25, 0.3) is 0 Å². The van der Waals surface area contributed by atoms with Crippen LogP contribution in [0.1, 0.15) is 27.9 Å². The Morgan fingerprint density at radius 2 is 1.81 bits per heavy atom. The van der Waals surface area contributed by atoms with Crippen LogP contribution in [0.3, 0.4) is 0 Å². The smallest absolute Gasteiger partial charge is 0.336 e. The molecule has 3 aromatic rings. The molecule has 8 heteroatoms. The highest BCUT2D eigenvalue weighted by Crippen LogP contribution is 2.29. The summed E-state index contributed by atoms with van der Waals surface area (Å²) in [4.78, 5) is 36.3. The number of hydrogen-bond acceptors (Lipinski definition) is 7. The van der Waals surface area contributed by atoms with Gasteiger partial charge in [-0.2, -0.15) is 0 Å². The average Bonchev–Trinajstić information content (AvgIpc) is 2.76. The molecule has 168 valence electrons. The molecule has 0 radical (unpaired) electrons. The maximum absolute atomic E-state index is 12.5. The number of halogens is 1. The van der Waals surface area contributed by atoms with E-state index in [1.165, 1.54) is 13.2 Å². The van der Waals surface area contributed by atoms with E-state index in [1.54, 1.807) is 43.3 Å². The Labute approximate surface area is 189 Å². The van der Waals surface area contributed by atoms with Crippen molar-refractivity contribution >= 4 is 34.3 Å². The van der Waals surface area contributed by atoms with E-state index in [4.69, 9.17) is 30.2 Å². The number of carbonyl (C=O) groups is 2. The quantitative estimate of drug-likeness (QED) is 0.195. The fourth-order valence-corrected chi connectivity index (χ4v) is 3.26. The molecule has 0 saturated carbocycles. The summed E-state index contributed by atoms with van der Waals surface area (Å²) in [6, 6.07) is 11.3. The predicted molar refractivity (Wildman–Crippen MR) is 120 cm³/mol. The number of benzene rings is 2. The predicted octanol–water partition coefficient (Wildman–Crippen LogP) is 4.14. The van der Waals surface area contributed by atoms with E-state index in [0.717, 1.165) is 10.9 Å². The standard InChI is InChI=1S/C24H23ClO7/c1-15-11-24(28)32-22-13-21(31-14-20(26)16-3-6-18(25)7-4-16)17(12-19(15)22)5-8-23(27)30-10-9-29-2/h3-4,6-7,11-13H,5,8-10,14H2,1-2H3. The van der Waals surface area contributed by atoms with Crippen LogP contribution in [0.5, 0.6) is 5.75 Å². The van der Waals surface area contributed by atoms with E-state index in [0.29, 0.717) is 40.5 Å². The van der Waals surface area contributed by atoms with E-state index < -0.39 is 5.63 Å². The fraction of sp³-hybridized carbons (Fsp3) is 0.292. The zero-order valence-electron chi connectivity index (χ0n) is 17.8. The summed E-state index contributed by atoms with van der Waals surface area (Å²) in [6.07, 6.45) is 0.442. The first-order valence-electron chi connectivity index (χ1n) is 10.0. The topological polar surface area (TPSA) is 92.0 Å². The van der Waals surface area contributed by atoms with Crippen molar-refractivity contribution in [2.24, 2.45) is 0 Å². The van der Waals surface area contributed by atoms with Crippen LogP contribution in [-0.4, -0.2) is 38.7 Å². The number of rotatable bonds is 10. The molecule has 0 spiro atoms. The summed E-state index contributed by atoms with van der Waals surface area (Å²) in [5.41, 5.74) is 1.76. The van der Waals surface area contributed by atoms with Crippen LogP contribution < -0.4 is 10.4 Å².